The quantitative estimate of drug-likeness (QED) is 0.492. The molecule has 31 heavy (non-hydrogen) atoms. The van der Waals surface area contributed by atoms with Gasteiger partial charge in [-0.1, -0.05) is 30.3 Å². The van der Waals surface area contributed by atoms with Crippen LogP contribution in [0.3, 0.4) is 0 Å². The predicted octanol–water partition coefficient (Wildman–Crippen LogP) is 2.61. The zero-order valence-corrected chi connectivity index (χ0v) is 17.7. The van der Waals surface area contributed by atoms with Gasteiger partial charge in [-0.15, -0.1) is 0 Å². The van der Waals surface area contributed by atoms with E-state index in [9.17, 15) is 13.5 Å². The Morgan fingerprint density at radius 2 is 1.71 bits per heavy atom. The maximum atomic E-state index is 12.7. The lowest BCUT2D eigenvalue weighted by molar-refractivity contribution is 0.477. The minimum absolute atomic E-state index is 0.00511. The molecule has 0 aliphatic rings. The van der Waals surface area contributed by atoms with Crippen LogP contribution in [0.5, 0.6) is 5.75 Å². The van der Waals surface area contributed by atoms with E-state index in [0.29, 0.717) is 16.6 Å². The fourth-order valence-electron chi connectivity index (χ4n) is 3.11. The Morgan fingerprint density at radius 3 is 2.45 bits per heavy atom. The van der Waals surface area contributed by atoms with Crippen LogP contribution >= 0.6 is 0 Å². The number of nitrogens with zero attached hydrogens (tertiary/aromatic N) is 5. The van der Waals surface area contributed by atoms with Gasteiger partial charge in [-0.05, 0) is 30.4 Å². The minimum atomic E-state index is -3.69. The third-order valence-corrected chi connectivity index (χ3v) is 6.37. The van der Waals surface area contributed by atoms with Gasteiger partial charge in [0, 0.05) is 31.2 Å². The Kier molecular flexibility index (Phi) is 5.17. The molecule has 0 saturated heterocycles. The Labute approximate surface area is 179 Å². The van der Waals surface area contributed by atoms with Crippen molar-refractivity contribution in [2.45, 2.75) is 0 Å². The fourth-order valence-corrected chi connectivity index (χ4v) is 4.11. The largest absolute Gasteiger partial charge is 0.507 e. The first-order chi connectivity index (χ1) is 14.8. The molecule has 0 amide bonds. The van der Waals surface area contributed by atoms with Crippen molar-refractivity contribution in [2.75, 3.05) is 19.8 Å². The van der Waals surface area contributed by atoms with Crippen LogP contribution in [0.25, 0.3) is 34.4 Å². The summed E-state index contributed by atoms with van der Waals surface area (Å²) >= 11 is 0. The average molecular weight is 436 g/mol. The first-order valence-corrected chi connectivity index (χ1v) is 10.7. The van der Waals surface area contributed by atoms with Crippen LogP contribution in [-0.2, 0) is 10.2 Å². The molecule has 0 saturated carbocycles. The van der Waals surface area contributed by atoms with Gasteiger partial charge in [-0.2, -0.15) is 22.7 Å². The van der Waals surface area contributed by atoms with E-state index in [2.05, 4.69) is 15.0 Å². The molecule has 0 bridgehead atoms. The van der Waals surface area contributed by atoms with Crippen molar-refractivity contribution in [1.29, 1.82) is 0 Å². The number of hydrogen-bond acceptors (Lipinski definition) is 7. The molecule has 4 rings (SSSR count). The zero-order chi connectivity index (χ0) is 22.2. The van der Waals surface area contributed by atoms with Crippen molar-refractivity contribution < 1.29 is 13.5 Å². The summed E-state index contributed by atoms with van der Waals surface area (Å²) in [5.74, 6) is 0.548. The maximum absolute atomic E-state index is 12.7. The highest BCUT2D eigenvalue weighted by Crippen LogP contribution is 2.27. The standard InChI is InChI=1S/C21H20N6O3S/c1-26(2)31(29,30)27-13-14(15-7-3-5-9-17(15)27)11-12-19-23-20(25-21(22)24-19)16-8-4-6-10-18(16)28/h3-13,28H,1-2H3,(H2,22,23,24,25)/b12-11+. The van der Waals surface area contributed by atoms with Crippen LogP contribution in [0.2, 0.25) is 0 Å². The molecule has 158 valence electrons. The number of aromatic nitrogens is 4. The van der Waals surface area contributed by atoms with E-state index in [1.165, 1.54) is 24.1 Å². The summed E-state index contributed by atoms with van der Waals surface area (Å²) in [5, 5.41) is 10.8. The molecule has 0 spiro atoms. The second-order valence-electron chi connectivity index (χ2n) is 6.91. The van der Waals surface area contributed by atoms with E-state index in [-0.39, 0.29) is 23.3 Å². The third kappa shape index (κ3) is 3.86. The van der Waals surface area contributed by atoms with Gasteiger partial charge in [0.05, 0.1) is 11.1 Å². The Hall–Kier alpha value is -3.76. The summed E-state index contributed by atoms with van der Waals surface area (Å²) in [5.41, 5.74) is 7.49. The molecule has 2 aromatic heterocycles. The van der Waals surface area contributed by atoms with E-state index in [1.807, 2.05) is 12.1 Å². The molecule has 2 heterocycles. The number of nitrogen functional groups attached to an aromatic ring is 1. The van der Waals surface area contributed by atoms with Crippen LogP contribution in [0, 0.1) is 0 Å². The topological polar surface area (TPSA) is 127 Å². The van der Waals surface area contributed by atoms with Crippen LogP contribution in [0.1, 0.15) is 11.4 Å². The first-order valence-electron chi connectivity index (χ1n) is 9.28. The number of benzene rings is 2. The van der Waals surface area contributed by atoms with Crippen LogP contribution < -0.4 is 5.73 Å². The number of phenols is 1. The Bertz CT molecular complexity index is 1410. The van der Waals surface area contributed by atoms with Gasteiger partial charge in [0.15, 0.2) is 11.6 Å². The number of para-hydroxylation sites is 2. The van der Waals surface area contributed by atoms with Crippen LogP contribution in [0.15, 0.2) is 54.7 Å². The van der Waals surface area contributed by atoms with Crippen molar-refractivity contribution in [1.82, 2.24) is 23.2 Å². The highest BCUT2D eigenvalue weighted by atomic mass is 32.2. The van der Waals surface area contributed by atoms with Gasteiger partial charge in [0.1, 0.15) is 5.75 Å². The molecule has 4 aromatic rings. The van der Waals surface area contributed by atoms with E-state index < -0.39 is 10.2 Å². The number of aromatic hydroxyl groups is 1. The van der Waals surface area contributed by atoms with E-state index in [1.54, 1.807) is 48.7 Å². The molecular formula is C21H20N6O3S. The fraction of sp³-hybridized carbons (Fsp3) is 0.0952. The lowest BCUT2D eigenvalue weighted by Crippen LogP contribution is -2.28. The van der Waals surface area contributed by atoms with Crippen molar-refractivity contribution in [2.24, 2.45) is 0 Å². The Balaban J connectivity index is 1.79. The normalized spacial score (nSPS) is 12.2. The second kappa shape index (κ2) is 7.82. The van der Waals surface area contributed by atoms with Gasteiger partial charge < -0.3 is 10.8 Å². The summed E-state index contributed by atoms with van der Waals surface area (Å²) in [4.78, 5) is 12.6. The lowest BCUT2D eigenvalue weighted by atomic mass is 10.1. The monoisotopic (exact) mass is 436 g/mol. The highest BCUT2D eigenvalue weighted by Gasteiger charge is 2.20. The summed E-state index contributed by atoms with van der Waals surface area (Å²) in [7, 11) is -0.733. The lowest BCUT2D eigenvalue weighted by Gasteiger charge is -2.12. The molecule has 10 heteroatoms. The molecule has 2 aromatic carbocycles. The van der Waals surface area contributed by atoms with Crippen molar-refractivity contribution in [3.05, 3.63) is 66.1 Å². The molecule has 0 fully saturated rings. The number of hydrogen-bond donors (Lipinski definition) is 2. The number of nitrogens with two attached hydrogens (primary N) is 1. The SMILES string of the molecule is CN(C)S(=O)(=O)n1cc(/C=C/c2nc(N)nc(-c3ccccc3O)n2)c2ccccc21. The van der Waals surface area contributed by atoms with Gasteiger partial charge in [-0.25, -0.2) is 8.96 Å². The van der Waals surface area contributed by atoms with Crippen LogP contribution in [0.4, 0.5) is 5.95 Å². The molecule has 9 nitrogen and oxygen atoms in total. The molecule has 0 aliphatic heterocycles. The van der Waals surface area contributed by atoms with Crippen molar-refractivity contribution in [3.8, 4) is 17.1 Å². The van der Waals surface area contributed by atoms with Gasteiger partial charge >= 0.3 is 10.2 Å². The highest BCUT2D eigenvalue weighted by molar-refractivity contribution is 7.87. The van der Waals surface area contributed by atoms with E-state index in [4.69, 9.17) is 5.73 Å². The first kappa shape index (κ1) is 20.5. The summed E-state index contributed by atoms with van der Waals surface area (Å²) in [6, 6.07) is 13.9. The molecule has 0 unspecified atom stereocenters. The van der Waals surface area contributed by atoms with Gasteiger partial charge in [-0.3, -0.25) is 0 Å². The maximum Gasteiger partial charge on any atom is 0.307 e. The van der Waals surface area contributed by atoms with E-state index >= 15 is 0 Å². The van der Waals surface area contributed by atoms with Crippen molar-refractivity contribution >= 4 is 39.2 Å². The summed E-state index contributed by atoms with van der Waals surface area (Å²) < 4.78 is 27.8. The van der Waals surface area contributed by atoms with Crippen LogP contribution in [-0.4, -0.2) is 50.8 Å². The minimum Gasteiger partial charge on any atom is -0.507 e. The molecule has 0 radical (unpaired) electrons. The predicted molar refractivity (Wildman–Crippen MR) is 120 cm³/mol. The smallest absolute Gasteiger partial charge is 0.307 e. The second-order valence-corrected chi connectivity index (χ2v) is 8.93. The van der Waals surface area contributed by atoms with Gasteiger partial charge in [0.2, 0.25) is 5.95 Å². The summed E-state index contributed by atoms with van der Waals surface area (Å²) in [6.07, 6.45) is 4.88. The number of rotatable bonds is 5. The Morgan fingerprint density at radius 1 is 1.00 bits per heavy atom. The molecule has 3 N–H and O–H groups in total. The van der Waals surface area contributed by atoms with Crippen molar-refractivity contribution in [3.63, 3.8) is 0 Å². The summed E-state index contributed by atoms with van der Waals surface area (Å²) in [6.45, 7) is 0. The third-order valence-electron chi connectivity index (χ3n) is 4.65. The average Bonchev–Trinajstić information content (AvgIpc) is 3.11. The number of phenolic OH excluding ortho intramolecular Hbond substituents is 1. The zero-order valence-electron chi connectivity index (χ0n) is 16.8. The van der Waals surface area contributed by atoms with Gasteiger partial charge in [0.25, 0.3) is 0 Å². The number of anilines is 1. The number of fused-ring (bicyclic) bond motifs is 1. The molecular weight excluding hydrogens is 416 g/mol. The van der Waals surface area contributed by atoms with E-state index in [0.717, 1.165) is 9.69 Å². The molecule has 0 aliphatic carbocycles. The molecule has 0 atom stereocenters.